The monoisotopic (exact) mass is 519 g/mol. The Labute approximate surface area is 227 Å². The zero-order chi connectivity index (χ0) is 27.5. The fourth-order valence-corrected chi connectivity index (χ4v) is 4.83. The summed E-state index contributed by atoms with van der Waals surface area (Å²) in [6, 6.07) is 28.3. The number of benzene rings is 4. The van der Waals surface area contributed by atoms with Gasteiger partial charge in [-0.3, -0.25) is 14.5 Å². The predicted molar refractivity (Wildman–Crippen MR) is 151 cm³/mol. The van der Waals surface area contributed by atoms with Crippen LogP contribution in [0.3, 0.4) is 0 Å². The molecular formula is C33H29NO5. The summed E-state index contributed by atoms with van der Waals surface area (Å²) in [5, 5.41) is 11.5. The molecule has 4 aromatic carbocycles. The highest BCUT2D eigenvalue weighted by Gasteiger charge is 2.47. The van der Waals surface area contributed by atoms with Crippen LogP contribution in [0.4, 0.5) is 5.69 Å². The van der Waals surface area contributed by atoms with E-state index in [4.69, 9.17) is 9.47 Å². The molecule has 0 bridgehead atoms. The van der Waals surface area contributed by atoms with Crippen LogP contribution in [-0.4, -0.2) is 23.4 Å². The van der Waals surface area contributed by atoms with Gasteiger partial charge in [0.2, 0.25) is 0 Å². The lowest BCUT2D eigenvalue weighted by Gasteiger charge is -2.26. The maximum atomic E-state index is 13.5. The number of amides is 1. The van der Waals surface area contributed by atoms with Gasteiger partial charge in [-0.2, -0.15) is 0 Å². The third-order valence-electron chi connectivity index (χ3n) is 6.63. The minimum Gasteiger partial charge on any atom is -0.507 e. The van der Waals surface area contributed by atoms with Gasteiger partial charge in [0.05, 0.1) is 18.2 Å². The lowest BCUT2D eigenvalue weighted by atomic mass is 9.94. The van der Waals surface area contributed by atoms with E-state index in [1.165, 1.54) is 4.90 Å². The van der Waals surface area contributed by atoms with Gasteiger partial charge in [-0.25, -0.2) is 0 Å². The molecule has 1 heterocycles. The number of anilines is 1. The van der Waals surface area contributed by atoms with Gasteiger partial charge in [0.1, 0.15) is 23.0 Å². The molecule has 6 heteroatoms. The highest BCUT2D eigenvalue weighted by molar-refractivity contribution is 6.51. The average molecular weight is 520 g/mol. The molecule has 0 aromatic heterocycles. The first-order valence-corrected chi connectivity index (χ1v) is 12.8. The van der Waals surface area contributed by atoms with Crippen LogP contribution >= 0.6 is 0 Å². The Morgan fingerprint density at radius 2 is 1.59 bits per heavy atom. The molecule has 0 saturated carbocycles. The molecule has 1 atom stereocenters. The summed E-state index contributed by atoms with van der Waals surface area (Å²) in [5.74, 6) is 0.201. The van der Waals surface area contributed by atoms with E-state index in [0.717, 1.165) is 11.1 Å². The Morgan fingerprint density at radius 3 is 2.31 bits per heavy atom. The molecule has 39 heavy (non-hydrogen) atoms. The van der Waals surface area contributed by atoms with E-state index in [-0.39, 0.29) is 11.3 Å². The number of aliphatic hydroxyl groups is 1. The van der Waals surface area contributed by atoms with E-state index in [1.54, 1.807) is 30.3 Å². The standard InChI is InChI=1S/C33H29NO5/c1-4-38-28-17-16-24(19-22(28)3)31(35)29-30(34(33(37)32(29)36)25-12-8-10-21(2)18-25)23-11-9-15-27(20-23)39-26-13-6-5-7-14-26/h5-20,30,35H,4H2,1-3H3/b31-29+. The number of Topliss-reactive ketones (excluding diaryl/α,β-unsaturated/α-hetero) is 1. The van der Waals surface area contributed by atoms with Crippen LogP contribution in [0.25, 0.3) is 5.76 Å². The fraction of sp³-hybridized carbons (Fsp3) is 0.152. The van der Waals surface area contributed by atoms with Crippen LogP contribution in [-0.2, 0) is 9.59 Å². The van der Waals surface area contributed by atoms with Crippen molar-refractivity contribution in [3.8, 4) is 17.2 Å². The number of rotatable bonds is 7. The molecule has 1 fully saturated rings. The second kappa shape index (κ2) is 10.9. The van der Waals surface area contributed by atoms with Gasteiger partial charge >= 0.3 is 0 Å². The van der Waals surface area contributed by atoms with Gasteiger partial charge in [-0.05, 0) is 92.1 Å². The number of carbonyl (C=O) groups excluding carboxylic acids is 2. The van der Waals surface area contributed by atoms with E-state index in [0.29, 0.717) is 40.7 Å². The maximum absolute atomic E-state index is 13.5. The van der Waals surface area contributed by atoms with Crippen molar-refractivity contribution < 1.29 is 24.2 Å². The molecule has 4 aromatic rings. The molecule has 196 valence electrons. The summed E-state index contributed by atoms with van der Waals surface area (Å²) in [4.78, 5) is 28.5. The summed E-state index contributed by atoms with van der Waals surface area (Å²) in [6.07, 6.45) is 0. The number of ketones is 1. The van der Waals surface area contributed by atoms with Crippen LogP contribution in [0.15, 0.2) is 103 Å². The molecule has 1 aliphatic heterocycles. The van der Waals surface area contributed by atoms with E-state index in [2.05, 4.69) is 0 Å². The van der Waals surface area contributed by atoms with Crippen LogP contribution in [0.2, 0.25) is 0 Å². The normalized spacial score (nSPS) is 16.4. The van der Waals surface area contributed by atoms with Crippen molar-refractivity contribution in [1.82, 2.24) is 0 Å². The minimum absolute atomic E-state index is 0.0157. The molecule has 1 unspecified atom stereocenters. The summed E-state index contributed by atoms with van der Waals surface area (Å²) in [7, 11) is 0. The first kappa shape index (κ1) is 25.8. The van der Waals surface area contributed by atoms with Gasteiger partial charge in [0.25, 0.3) is 11.7 Å². The summed E-state index contributed by atoms with van der Waals surface area (Å²) >= 11 is 0. The quantitative estimate of drug-likeness (QED) is 0.160. The highest BCUT2D eigenvalue weighted by Crippen LogP contribution is 2.43. The third kappa shape index (κ3) is 5.14. The fourth-order valence-electron chi connectivity index (χ4n) is 4.83. The van der Waals surface area contributed by atoms with Crippen molar-refractivity contribution >= 4 is 23.1 Å². The van der Waals surface area contributed by atoms with Gasteiger partial charge in [0.15, 0.2) is 0 Å². The summed E-state index contributed by atoms with van der Waals surface area (Å²) in [6.45, 7) is 6.20. The number of nitrogens with zero attached hydrogens (tertiary/aromatic N) is 1. The van der Waals surface area contributed by atoms with Crippen molar-refractivity contribution in [1.29, 1.82) is 0 Å². The van der Waals surface area contributed by atoms with Gasteiger partial charge in [-0.15, -0.1) is 0 Å². The number of para-hydroxylation sites is 1. The van der Waals surface area contributed by atoms with E-state index in [9.17, 15) is 14.7 Å². The van der Waals surface area contributed by atoms with Crippen molar-refractivity contribution in [3.63, 3.8) is 0 Å². The smallest absolute Gasteiger partial charge is 0.300 e. The molecule has 6 nitrogen and oxygen atoms in total. The average Bonchev–Trinajstić information content (AvgIpc) is 3.20. The molecule has 1 aliphatic rings. The topological polar surface area (TPSA) is 76.1 Å². The first-order chi connectivity index (χ1) is 18.9. The van der Waals surface area contributed by atoms with Crippen molar-refractivity contribution in [2.24, 2.45) is 0 Å². The number of aryl methyl sites for hydroxylation is 2. The number of ether oxygens (including phenoxy) is 2. The zero-order valence-electron chi connectivity index (χ0n) is 22.0. The minimum atomic E-state index is -0.863. The lowest BCUT2D eigenvalue weighted by molar-refractivity contribution is -0.132. The highest BCUT2D eigenvalue weighted by atomic mass is 16.5. The van der Waals surface area contributed by atoms with Crippen LogP contribution in [0.5, 0.6) is 17.2 Å². The van der Waals surface area contributed by atoms with Gasteiger partial charge in [-0.1, -0.05) is 42.5 Å². The largest absolute Gasteiger partial charge is 0.507 e. The Kier molecular flexibility index (Phi) is 7.19. The molecular weight excluding hydrogens is 490 g/mol. The molecule has 0 radical (unpaired) electrons. The molecule has 0 spiro atoms. The summed E-state index contributed by atoms with van der Waals surface area (Å²) < 4.78 is 11.7. The van der Waals surface area contributed by atoms with Crippen LogP contribution in [0.1, 0.15) is 35.2 Å². The SMILES string of the molecule is CCOc1ccc(/C(O)=C2\C(=O)C(=O)N(c3cccc(C)c3)C2c2cccc(Oc3ccccc3)c2)cc1C. The second-order valence-corrected chi connectivity index (χ2v) is 9.41. The third-order valence-corrected chi connectivity index (χ3v) is 6.63. The summed E-state index contributed by atoms with van der Waals surface area (Å²) in [5.41, 5.74) is 3.40. The number of hydrogen-bond donors (Lipinski definition) is 1. The van der Waals surface area contributed by atoms with Crippen molar-refractivity contribution in [2.45, 2.75) is 26.8 Å². The molecule has 1 N–H and O–H groups in total. The van der Waals surface area contributed by atoms with Crippen molar-refractivity contribution in [3.05, 3.63) is 125 Å². The Balaban J connectivity index is 1.66. The van der Waals surface area contributed by atoms with E-state index >= 15 is 0 Å². The molecule has 1 saturated heterocycles. The van der Waals surface area contributed by atoms with E-state index in [1.807, 2.05) is 87.5 Å². The first-order valence-electron chi connectivity index (χ1n) is 12.8. The van der Waals surface area contributed by atoms with Crippen molar-refractivity contribution in [2.75, 3.05) is 11.5 Å². The van der Waals surface area contributed by atoms with Crippen LogP contribution < -0.4 is 14.4 Å². The van der Waals surface area contributed by atoms with Crippen LogP contribution in [0, 0.1) is 13.8 Å². The molecule has 1 amide bonds. The predicted octanol–water partition coefficient (Wildman–Crippen LogP) is 7.12. The number of hydrogen-bond acceptors (Lipinski definition) is 5. The zero-order valence-corrected chi connectivity index (χ0v) is 22.0. The Morgan fingerprint density at radius 1 is 0.846 bits per heavy atom. The maximum Gasteiger partial charge on any atom is 0.300 e. The Bertz CT molecular complexity index is 1570. The lowest BCUT2D eigenvalue weighted by Crippen LogP contribution is -2.29. The number of aliphatic hydroxyl groups excluding tert-OH is 1. The Hall–Kier alpha value is -4.84. The van der Waals surface area contributed by atoms with Gasteiger partial charge in [0, 0.05) is 11.3 Å². The number of carbonyl (C=O) groups is 2. The molecule has 5 rings (SSSR count). The molecule has 0 aliphatic carbocycles. The van der Waals surface area contributed by atoms with Gasteiger partial charge < -0.3 is 14.6 Å². The van der Waals surface area contributed by atoms with E-state index < -0.39 is 17.7 Å². The second-order valence-electron chi connectivity index (χ2n) is 9.41.